The SMILES string of the molecule is NC(=O)c1cc(F)ccc1N1CCN(Cc2cn3c(n2)C=CC(Cl)C3)CC1. The molecule has 3 heterocycles. The van der Waals surface area contributed by atoms with Crippen molar-refractivity contribution in [2.45, 2.75) is 18.5 Å². The van der Waals surface area contributed by atoms with Crippen molar-refractivity contribution in [2.75, 3.05) is 31.1 Å². The van der Waals surface area contributed by atoms with Gasteiger partial charge in [-0.25, -0.2) is 9.37 Å². The maximum Gasteiger partial charge on any atom is 0.250 e. The van der Waals surface area contributed by atoms with Gasteiger partial charge in [-0.05, 0) is 24.3 Å². The average Bonchev–Trinajstić information content (AvgIpc) is 3.03. The van der Waals surface area contributed by atoms with Gasteiger partial charge >= 0.3 is 0 Å². The van der Waals surface area contributed by atoms with E-state index in [2.05, 4.69) is 25.5 Å². The molecule has 2 aliphatic heterocycles. The van der Waals surface area contributed by atoms with Crippen molar-refractivity contribution in [1.29, 1.82) is 0 Å². The highest BCUT2D eigenvalue weighted by Crippen LogP contribution is 2.23. The van der Waals surface area contributed by atoms with E-state index in [1.54, 1.807) is 6.07 Å². The molecule has 8 heteroatoms. The molecule has 4 rings (SSSR count). The summed E-state index contributed by atoms with van der Waals surface area (Å²) < 4.78 is 15.5. The van der Waals surface area contributed by atoms with Crippen LogP contribution in [0.15, 0.2) is 30.5 Å². The number of rotatable bonds is 4. The second-order valence-electron chi connectivity index (χ2n) is 6.91. The molecule has 1 saturated heterocycles. The first-order chi connectivity index (χ1) is 13.0. The molecule has 6 nitrogen and oxygen atoms in total. The van der Waals surface area contributed by atoms with E-state index in [1.807, 2.05) is 12.2 Å². The number of primary amides is 1. The van der Waals surface area contributed by atoms with Crippen LogP contribution in [0.25, 0.3) is 6.08 Å². The average molecular weight is 390 g/mol. The number of hydrogen-bond acceptors (Lipinski definition) is 4. The van der Waals surface area contributed by atoms with Crippen molar-refractivity contribution >= 4 is 29.3 Å². The lowest BCUT2D eigenvalue weighted by Gasteiger charge is -2.36. The van der Waals surface area contributed by atoms with E-state index in [0.29, 0.717) is 5.69 Å². The minimum absolute atomic E-state index is 0.0123. The first kappa shape index (κ1) is 18.0. The van der Waals surface area contributed by atoms with Crippen LogP contribution in [0.4, 0.5) is 10.1 Å². The van der Waals surface area contributed by atoms with Gasteiger partial charge in [0, 0.05) is 51.2 Å². The third-order valence-corrected chi connectivity index (χ3v) is 5.29. The Morgan fingerprint density at radius 2 is 2.07 bits per heavy atom. The number of hydrogen-bond donors (Lipinski definition) is 1. The number of anilines is 1. The molecule has 1 fully saturated rings. The lowest BCUT2D eigenvalue weighted by Crippen LogP contribution is -2.46. The van der Waals surface area contributed by atoms with Crippen molar-refractivity contribution in [3.63, 3.8) is 0 Å². The molecule has 0 saturated carbocycles. The number of fused-ring (bicyclic) bond motifs is 1. The molecule has 0 bridgehead atoms. The summed E-state index contributed by atoms with van der Waals surface area (Å²) in [6.45, 7) is 4.64. The molecule has 1 amide bonds. The van der Waals surface area contributed by atoms with E-state index < -0.39 is 11.7 Å². The summed E-state index contributed by atoms with van der Waals surface area (Å²) in [6.07, 6.45) is 5.99. The van der Waals surface area contributed by atoms with Gasteiger partial charge in [0.2, 0.25) is 0 Å². The quantitative estimate of drug-likeness (QED) is 0.813. The van der Waals surface area contributed by atoms with Crippen LogP contribution in [0.2, 0.25) is 0 Å². The molecule has 1 unspecified atom stereocenters. The molecule has 1 atom stereocenters. The van der Waals surface area contributed by atoms with Crippen LogP contribution >= 0.6 is 11.6 Å². The van der Waals surface area contributed by atoms with Crippen molar-refractivity contribution in [3.8, 4) is 0 Å². The monoisotopic (exact) mass is 389 g/mol. The molecule has 0 radical (unpaired) electrons. The second-order valence-corrected chi connectivity index (χ2v) is 7.47. The lowest BCUT2D eigenvalue weighted by molar-refractivity contribution is 0.1000. The number of nitrogens with two attached hydrogens (primary N) is 1. The molecule has 0 spiro atoms. The third kappa shape index (κ3) is 3.84. The number of alkyl halides is 1. The van der Waals surface area contributed by atoms with Gasteiger partial charge in [-0.2, -0.15) is 0 Å². The number of carbonyl (C=O) groups excluding carboxylic acids is 1. The van der Waals surface area contributed by atoms with Crippen LogP contribution in [-0.4, -0.2) is 51.9 Å². The Kier molecular flexibility index (Phi) is 4.88. The van der Waals surface area contributed by atoms with Crippen LogP contribution in [0.5, 0.6) is 0 Å². The zero-order valence-corrected chi connectivity index (χ0v) is 15.6. The maximum absolute atomic E-state index is 13.4. The number of nitrogens with zero attached hydrogens (tertiary/aromatic N) is 4. The Bertz CT molecular complexity index is 888. The fraction of sp³-hybridized carbons (Fsp3) is 0.368. The molecule has 1 aromatic carbocycles. The number of benzene rings is 1. The third-order valence-electron chi connectivity index (χ3n) is 5.01. The van der Waals surface area contributed by atoms with E-state index in [4.69, 9.17) is 17.3 Å². The summed E-state index contributed by atoms with van der Waals surface area (Å²) in [5, 5.41) is 0.0123. The first-order valence-electron chi connectivity index (χ1n) is 8.94. The highest BCUT2D eigenvalue weighted by Gasteiger charge is 2.22. The molecule has 2 aromatic rings. The van der Waals surface area contributed by atoms with Crippen LogP contribution in [0.1, 0.15) is 21.9 Å². The predicted octanol–water partition coefficient (Wildman–Crippen LogP) is 2.08. The number of carbonyl (C=O) groups is 1. The van der Waals surface area contributed by atoms with Crippen LogP contribution in [0, 0.1) is 5.82 Å². The number of imidazole rings is 1. The summed E-state index contributed by atoms with van der Waals surface area (Å²) in [4.78, 5) is 20.7. The molecule has 2 N–H and O–H groups in total. The minimum Gasteiger partial charge on any atom is -0.368 e. The Balaban J connectivity index is 1.40. The van der Waals surface area contributed by atoms with Crippen LogP contribution in [-0.2, 0) is 13.1 Å². The number of allylic oxidation sites excluding steroid dienone is 1. The zero-order valence-electron chi connectivity index (χ0n) is 14.8. The van der Waals surface area contributed by atoms with Gasteiger partial charge in [0.15, 0.2) is 0 Å². The normalized spacial score (nSPS) is 19.9. The van der Waals surface area contributed by atoms with Gasteiger partial charge in [0.25, 0.3) is 5.91 Å². The summed E-state index contributed by atoms with van der Waals surface area (Å²) in [7, 11) is 0. The molecule has 142 valence electrons. The smallest absolute Gasteiger partial charge is 0.250 e. The Morgan fingerprint density at radius 1 is 1.30 bits per heavy atom. The molecular weight excluding hydrogens is 369 g/mol. The van der Waals surface area contributed by atoms with Crippen molar-refractivity contribution < 1.29 is 9.18 Å². The summed E-state index contributed by atoms with van der Waals surface area (Å²) in [5.74, 6) is -0.123. The zero-order chi connectivity index (χ0) is 19.0. The number of halogens is 2. The number of amides is 1. The Morgan fingerprint density at radius 3 is 2.81 bits per heavy atom. The van der Waals surface area contributed by atoms with Gasteiger partial charge in [-0.3, -0.25) is 9.69 Å². The summed E-state index contributed by atoms with van der Waals surface area (Å²) in [6, 6.07) is 4.20. The van der Waals surface area contributed by atoms with Crippen molar-refractivity contribution in [1.82, 2.24) is 14.5 Å². The Hall–Kier alpha value is -2.38. The number of aromatic nitrogens is 2. The molecule has 2 aliphatic rings. The van der Waals surface area contributed by atoms with Gasteiger partial charge in [-0.15, -0.1) is 11.6 Å². The summed E-state index contributed by atoms with van der Waals surface area (Å²) in [5.41, 5.74) is 7.35. The standard InChI is InChI=1S/C19H21ClFN5O/c20-13-1-4-18-23-15(12-26(18)10-13)11-24-5-7-25(8-6-24)17-3-2-14(21)9-16(17)19(22)27/h1-4,9,12-13H,5-8,10-11H2,(H2,22,27). The largest absolute Gasteiger partial charge is 0.368 e. The predicted molar refractivity (Wildman–Crippen MR) is 103 cm³/mol. The topological polar surface area (TPSA) is 67.4 Å². The van der Waals surface area contributed by atoms with Crippen LogP contribution < -0.4 is 10.6 Å². The van der Waals surface area contributed by atoms with E-state index >= 15 is 0 Å². The molecular formula is C19H21ClFN5O. The fourth-order valence-corrected chi connectivity index (χ4v) is 3.86. The van der Waals surface area contributed by atoms with E-state index in [9.17, 15) is 9.18 Å². The molecule has 0 aliphatic carbocycles. The van der Waals surface area contributed by atoms with E-state index in [-0.39, 0.29) is 10.9 Å². The van der Waals surface area contributed by atoms with Crippen molar-refractivity contribution in [3.05, 3.63) is 53.4 Å². The Labute approximate surface area is 162 Å². The van der Waals surface area contributed by atoms with Crippen molar-refractivity contribution in [2.24, 2.45) is 5.73 Å². The highest BCUT2D eigenvalue weighted by molar-refractivity contribution is 6.22. The first-order valence-corrected chi connectivity index (χ1v) is 9.38. The lowest BCUT2D eigenvalue weighted by atomic mass is 10.1. The van der Waals surface area contributed by atoms with E-state index in [0.717, 1.165) is 50.8 Å². The highest BCUT2D eigenvalue weighted by atomic mass is 35.5. The van der Waals surface area contributed by atoms with Gasteiger partial charge in [0.1, 0.15) is 11.6 Å². The fourth-order valence-electron chi connectivity index (χ4n) is 3.64. The van der Waals surface area contributed by atoms with E-state index in [1.165, 1.54) is 12.1 Å². The van der Waals surface area contributed by atoms with Gasteiger partial charge in [-0.1, -0.05) is 6.08 Å². The molecule has 27 heavy (non-hydrogen) atoms. The van der Waals surface area contributed by atoms with Gasteiger partial charge in [0.05, 0.1) is 16.6 Å². The maximum atomic E-state index is 13.4. The minimum atomic E-state index is -0.610. The second kappa shape index (κ2) is 7.32. The number of piperazine rings is 1. The van der Waals surface area contributed by atoms with Gasteiger partial charge < -0.3 is 15.2 Å². The molecule has 1 aromatic heterocycles. The van der Waals surface area contributed by atoms with Crippen LogP contribution in [0.3, 0.4) is 0 Å². The summed E-state index contributed by atoms with van der Waals surface area (Å²) >= 11 is 6.16.